The molecule has 246 valence electrons. The van der Waals surface area contributed by atoms with E-state index in [1.165, 1.54) is 88.2 Å². The standard InChI is InChI=1S/C50H31N3/c1-2-14-36-35(13-1)37-15-3-4-17-39(37)41-28-27-33(30-44(41)40-18-6-5-16-38(36)40)52-47-23-11-12-24-48(47)53-49-31-34(26-25-32(49)29-50(52)53)51-45-21-9-7-19-42(45)43-20-8-10-22-46(43)51/h1-31H. The highest BCUT2D eigenvalue weighted by molar-refractivity contribution is 6.10. The first-order valence-electron chi connectivity index (χ1n) is 18.3. The average Bonchev–Trinajstić information content (AvgIpc) is 3.87. The van der Waals surface area contributed by atoms with E-state index in [-0.39, 0.29) is 0 Å². The van der Waals surface area contributed by atoms with Gasteiger partial charge in [-0.3, -0.25) is 8.97 Å². The van der Waals surface area contributed by atoms with Crippen LogP contribution in [0.3, 0.4) is 0 Å². The van der Waals surface area contributed by atoms with Gasteiger partial charge in [-0.1, -0.05) is 133 Å². The Kier molecular flexibility index (Phi) is 5.77. The maximum Gasteiger partial charge on any atom is 0.123 e. The van der Waals surface area contributed by atoms with Crippen molar-refractivity contribution < 1.29 is 0 Å². The summed E-state index contributed by atoms with van der Waals surface area (Å²) in [6, 6.07) is 69.2. The molecule has 3 nitrogen and oxygen atoms in total. The molecule has 3 aromatic heterocycles. The number of aromatic nitrogens is 3. The van der Waals surface area contributed by atoms with E-state index < -0.39 is 0 Å². The molecule has 3 heterocycles. The minimum absolute atomic E-state index is 1.14. The molecule has 0 saturated heterocycles. The van der Waals surface area contributed by atoms with E-state index in [1.54, 1.807) is 0 Å². The maximum atomic E-state index is 2.44. The molecule has 0 N–H and O–H groups in total. The highest BCUT2D eigenvalue weighted by Crippen LogP contribution is 2.48. The van der Waals surface area contributed by atoms with E-state index in [2.05, 4.69) is 202 Å². The first-order chi connectivity index (χ1) is 26.3. The topological polar surface area (TPSA) is 14.3 Å². The molecular formula is C50H31N3. The van der Waals surface area contributed by atoms with Gasteiger partial charge in [-0.25, -0.2) is 0 Å². The summed E-state index contributed by atoms with van der Waals surface area (Å²) in [7, 11) is 0. The van der Waals surface area contributed by atoms with Crippen molar-refractivity contribution in [3.8, 4) is 55.9 Å². The van der Waals surface area contributed by atoms with Crippen LogP contribution in [0.1, 0.15) is 0 Å². The normalized spacial score (nSPS) is 12.2. The summed E-state index contributed by atoms with van der Waals surface area (Å²) >= 11 is 0. The van der Waals surface area contributed by atoms with Crippen molar-refractivity contribution in [2.75, 3.05) is 0 Å². The van der Waals surface area contributed by atoms with Gasteiger partial charge in [0.15, 0.2) is 0 Å². The highest BCUT2D eigenvalue weighted by atomic mass is 15.1. The number of benzene rings is 8. The van der Waals surface area contributed by atoms with Gasteiger partial charge in [-0.05, 0) is 99.1 Å². The van der Waals surface area contributed by atoms with Crippen molar-refractivity contribution >= 4 is 49.4 Å². The first-order valence-corrected chi connectivity index (χ1v) is 18.3. The lowest BCUT2D eigenvalue weighted by atomic mass is 9.81. The second-order valence-electron chi connectivity index (χ2n) is 14.1. The number of nitrogens with zero attached hydrogens (tertiary/aromatic N) is 3. The van der Waals surface area contributed by atoms with Crippen molar-refractivity contribution in [2.24, 2.45) is 0 Å². The van der Waals surface area contributed by atoms with Gasteiger partial charge in [0.25, 0.3) is 0 Å². The lowest BCUT2D eigenvalue weighted by Gasteiger charge is -2.23. The third-order valence-electron chi connectivity index (χ3n) is 11.4. The Balaban J connectivity index is 1.13. The number of hydrogen-bond acceptors (Lipinski definition) is 0. The highest BCUT2D eigenvalue weighted by Gasteiger charge is 2.23. The summed E-state index contributed by atoms with van der Waals surface area (Å²) in [4.78, 5) is 0. The summed E-state index contributed by atoms with van der Waals surface area (Å²) in [5.74, 6) is 0. The van der Waals surface area contributed by atoms with Gasteiger partial charge in [-0.2, -0.15) is 0 Å². The zero-order valence-electron chi connectivity index (χ0n) is 28.7. The predicted molar refractivity (Wildman–Crippen MR) is 221 cm³/mol. The minimum Gasteiger partial charge on any atom is -0.309 e. The molecule has 53 heavy (non-hydrogen) atoms. The molecule has 12 rings (SSSR count). The van der Waals surface area contributed by atoms with Crippen molar-refractivity contribution in [2.45, 2.75) is 0 Å². The van der Waals surface area contributed by atoms with Crippen molar-refractivity contribution in [1.82, 2.24) is 13.5 Å². The summed E-state index contributed by atoms with van der Waals surface area (Å²) < 4.78 is 7.29. The quantitative estimate of drug-likeness (QED) is 0.173. The molecule has 8 aromatic carbocycles. The molecule has 1 aliphatic rings. The molecule has 0 aliphatic heterocycles. The Morgan fingerprint density at radius 1 is 0.264 bits per heavy atom. The molecule has 0 amide bonds. The van der Waals surface area contributed by atoms with Crippen LogP contribution in [-0.2, 0) is 0 Å². The molecule has 1 aliphatic carbocycles. The maximum absolute atomic E-state index is 2.44. The average molecular weight is 674 g/mol. The molecule has 0 saturated carbocycles. The Hall–Kier alpha value is -7.10. The van der Waals surface area contributed by atoms with Gasteiger partial charge < -0.3 is 4.57 Å². The molecular weight excluding hydrogens is 643 g/mol. The van der Waals surface area contributed by atoms with E-state index in [1.807, 2.05) is 0 Å². The van der Waals surface area contributed by atoms with Gasteiger partial charge in [0.2, 0.25) is 0 Å². The van der Waals surface area contributed by atoms with Crippen LogP contribution in [0.4, 0.5) is 0 Å². The monoisotopic (exact) mass is 673 g/mol. The largest absolute Gasteiger partial charge is 0.309 e. The second-order valence-corrected chi connectivity index (χ2v) is 14.1. The predicted octanol–water partition coefficient (Wildman–Crippen LogP) is 13.1. The van der Waals surface area contributed by atoms with Crippen LogP contribution in [0.25, 0.3) is 105 Å². The van der Waals surface area contributed by atoms with Crippen LogP contribution >= 0.6 is 0 Å². The van der Waals surface area contributed by atoms with Crippen molar-refractivity contribution in [3.63, 3.8) is 0 Å². The number of hydrogen-bond donors (Lipinski definition) is 0. The number of imidazole rings is 1. The Morgan fingerprint density at radius 3 is 1.28 bits per heavy atom. The van der Waals surface area contributed by atoms with Gasteiger partial charge >= 0.3 is 0 Å². The van der Waals surface area contributed by atoms with Crippen LogP contribution in [0.5, 0.6) is 0 Å². The van der Waals surface area contributed by atoms with Crippen molar-refractivity contribution in [1.29, 1.82) is 0 Å². The molecule has 0 bridgehead atoms. The summed E-state index contributed by atoms with van der Waals surface area (Å²) in [6.07, 6.45) is 0. The smallest absolute Gasteiger partial charge is 0.123 e. The minimum atomic E-state index is 1.14. The first kappa shape index (κ1) is 28.6. The Labute approximate surface area is 305 Å². The Bertz CT molecular complexity index is 3240. The lowest BCUT2D eigenvalue weighted by Crippen LogP contribution is -1.99. The third kappa shape index (κ3) is 3.94. The molecule has 11 aromatic rings. The number of rotatable bonds is 2. The zero-order chi connectivity index (χ0) is 34.6. The molecule has 0 spiro atoms. The molecule has 0 radical (unpaired) electrons. The number of para-hydroxylation sites is 4. The fourth-order valence-electron chi connectivity index (χ4n) is 9.16. The van der Waals surface area contributed by atoms with E-state index in [9.17, 15) is 0 Å². The number of fused-ring (bicyclic) bond motifs is 16. The fourth-order valence-corrected chi connectivity index (χ4v) is 9.16. The third-order valence-corrected chi connectivity index (χ3v) is 11.4. The second kappa shape index (κ2) is 10.7. The van der Waals surface area contributed by atoms with Crippen LogP contribution in [0.15, 0.2) is 188 Å². The van der Waals surface area contributed by atoms with Crippen LogP contribution in [0.2, 0.25) is 0 Å². The fraction of sp³-hybridized carbons (Fsp3) is 0. The van der Waals surface area contributed by atoms with Gasteiger partial charge in [0.1, 0.15) is 5.65 Å². The molecule has 0 atom stereocenters. The summed E-state index contributed by atoms with van der Waals surface area (Å²) in [5.41, 5.74) is 19.5. The van der Waals surface area contributed by atoms with Crippen LogP contribution in [0, 0.1) is 0 Å². The summed E-state index contributed by atoms with van der Waals surface area (Å²) in [5, 5.41) is 3.75. The SMILES string of the molecule is c1ccc2c(c1)-c1ccccc1-c1ccc(-n3c4ccccc4n4c5cc(-n6c7ccccc7c7ccccc76)ccc5cc34)cc1-c1ccccc1-2. The van der Waals surface area contributed by atoms with Crippen molar-refractivity contribution in [3.05, 3.63) is 188 Å². The van der Waals surface area contributed by atoms with Gasteiger partial charge in [-0.15, -0.1) is 0 Å². The van der Waals surface area contributed by atoms with E-state index >= 15 is 0 Å². The Morgan fingerprint density at radius 2 is 0.698 bits per heavy atom. The van der Waals surface area contributed by atoms with E-state index in [4.69, 9.17) is 0 Å². The van der Waals surface area contributed by atoms with E-state index in [0.717, 1.165) is 17.0 Å². The molecule has 0 unspecified atom stereocenters. The van der Waals surface area contributed by atoms with Crippen LogP contribution < -0.4 is 0 Å². The van der Waals surface area contributed by atoms with Crippen LogP contribution in [-0.4, -0.2) is 13.5 Å². The molecule has 3 heteroatoms. The molecule has 0 fully saturated rings. The zero-order valence-corrected chi connectivity index (χ0v) is 28.7. The lowest BCUT2D eigenvalue weighted by molar-refractivity contribution is 1.15. The summed E-state index contributed by atoms with van der Waals surface area (Å²) in [6.45, 7) is 0. The van der Waals surface area contributed by atoms with Gasteiger partial charge in [0, 0.05) is 27.5 Å². The van der Waals surface area contributed by atoms with Gasteiger partial charge in [0.05, 0.1) is 27.6 Å². The van der Waals surface area contributed by atoms with E-state index in [0.29, 0.717) is 0 Å².